The number of aromatic amines is 1. The van der Waals surface area contributed by atoms with Crippen molar-refractivity contribution in [3.05, 3.63) is 90.1 Å². The molecular weight excluding hydrogens is 380 g/mol. The van der Waals surface area contributed by atoms with Crippen LogP contribution in [0.1, 0.15) is 11.1 Å². The SMILES string of the molecule is COc1ccc2[nH]cc(CCN(Cc3ccccc3)Oc3cccc(S)c3)c2c1. The van der Waals surface area contributed by atoms with Gasteiger partial charge >= 0.3 is 0 Å². The molecule has 148 valence electrons. The summed E-state index contributed by atoms with van der Waals surface area (Å²) < 4.78 is 5.39. The number of methoxy groups -OCH3 is 1. The number of rotatable bonds is 8. The van der Waals surface area contributed by atoms with E-state index in [0.29, 0.717) is 6.54 Å². The zero-order chi connectivity index (χ0) is 20.1. The normalized spacial score (nSPS) is 11.1. The van der Waals surface area contributed by atoms with Crippen LogP contribution >= 0.6 is 12.6 Å². The second kappa shape index (κ2) is 9.07. The Morgan fingerprint density at radius 3 is 2.59 bits per heavy atom. The van der Waals surface area contributed by atoms with E-state index in [-0.39, 0.29) is 0 Å². The van der Waals surface area contributed by atoms with Crippen LogP contribution in [0.3, 0.4) is 0 Å². The lowest BCUT2D eigenvalue weighted by Gasteiger charge is -2.23. The molecule has 4 aromatic rings. The summed E-state index contributed by atoms with van der Waals surface area (Å²) in [6.45, 7) is 1.44. The predicted octanol–water partition coefficient (Wildman–Crippen LogP) is 5.50. The zero-order valence-corrected chi connectivity index (χ0v) is 17.2. The standard InChI is InChI=1S/C24H24N2O2S/c1-27-20-10-11-24-23(15-20)19(16-25-24)12-13-26(17-18-6-3-2-4-7-18)28-21-8-5-9-22(29)14-21/h2-11,14-16,25,29H,12-13,17H2,1H3. The monoisotopic (exact) mass is 404 g/mol. The molecule has 0 atom stereocenters. The van der Waals surface area contributed by atoms with Crippen molar-refractivity contribution in [3.8, 4) is 11.5 Å². The molecule has 1 N–H and O–H groups in total. The van der Waals surface area contributed by atoms with Gasteiger partial charge in [-0.25, -0.2) is 0 Å². The van der Waals surface area contributed by atoms with Crippen LogP contribution in [0.4, 0.5) is 0 Å². The Morgan fingerprint density at radius 1 is 0.931 bits per heavy atom. The third-order valence-corrected chi connectivity index (χ3v) is 5.14. The average molecular weight is 405 g/mol. The van der Waals surface area contributed by atoms with Gasteiger partial charge in [0.05, 0.1) is 13.7 Å². The number of nitrogens with zero attached hydrogens (tertiary/aromatic N) is 1. The van der Waals surface area contributed by atoms with Crippen molar-refractivity contribution in [1.29, 1.82) is 0 Å². The summed E-state index contributed by atoms with van der Waals surface area (Å²) in [4.78, 5) is 10.4. The highest BCUT2D eigenvalue weighted by Crippen LogP contribution is 2.25. The second-order valence-electron chi connectivity index (χ2n) is 6.91. The van der Waals surface area contributed by atoms with Crippen LogP contribution in [0.15, 0.2) is 83.9 Å². The summed E-state index contributed by atoms with van der Waals surface area (Å²) >= 11 is 4.42. The molecule has 0 aliphatic heterocycles. The van der Waals surface area contributed by atoms with Gasteiger partial charge in [0.15, 0.2) is 0 Å². The molecule has 5 heteroatoms. The van der Waals surface area contributed by atoms with Crippen molar-refractivity contribution in [2.75, 3.05) is 13.7 Å². The first-order valence-electron chi connectivity index (χ1n) is 9.61. The Balaban J connectivity index is 1.53. The number of nitrogens with one attached hydrogen (secondary N) is 1. The number of fused-ring (bicyclic) bond motifs is 1. The summed E-state index contributed by atoms with van der Waals surface area (Å²) in [6.07, 6.45) is 2.92. The third kappa shape index (κ3) is 4.94. The van der Waals surface area contributed by atoms with Crippen LogP contribution in [0.5, 0.6) is 11.5 Å². The number of thiol groups is 1. The largest absolute Gasteiger partial charge is 0.497 e. The number of hydrogen-bond acceptors (Lipinski definition) is 4. The highest BCUT2D eigenvalue weighted by Gasteiger charge is 2.12. The summed E-state index contributed by atoms with van der Waals surface area (Å²) in [5.74, 6) is 1.65. The van der Waals surface area contributed by atoms with Gasteiger partial charge in [-0.2, -0.15) is 0 Å². The maximum absolute atomic E-state index is 6.20. The molecule has 0 radical (unpaired) electrons. The number of hydroxylamine groups is 2. The smallest absolute Gasteiger partial charge is 0.148 e. The van der Waals surface area contributed by atoms with Crippen LogP contribution in [-0.2, 0) is 13.0 Å². The van der Waals surface area contributed by atoms with Gasteiger partial charge < -0.3 is 14.6 Å². The van der Waals surface area contributed by atoms with E-state index in [1.54, 1.807) is 7.11 Å². The van der Waals surface area contributed by atoms with Crippen LogP contribution in [0, 0.1) is 0 Å². The maximum Gasteiger partial charge on any atom is 0.148 e. The van der Waals surface area contributed by atoms with Gasteiger partial charge in [0, 0.05) is 28.5 Å². The van der Waals surface area contributed by atoms with Crippen molar-refractivity contribution >= 4 is 23.5 Å². The van der Waals surface area contributed by atoms with E-state index in [9.17, 15) is 0 Å². The van der Waals surface area contributed by atoms with E-state index in [0.717, 1.165) is 34.9 Å². The van der Waals surface area contributed by atoms with Gasteiger partial charge in [-0.15, -0.1) is 17.7 Å². The van der Waals surface area contributed by atoms with E-state index >= 15 is 0 Å². The van der Waals surface area contributed by atoms with Crippen LogP contribution < -0.4 is 9.57 Å². The maximum atomic E-state index is 6.20. The minimum absolute atomic E-state index is 0.698. The van der Waals surface area contributed by atoms with Crippen molar-refractivity contribution in [2.24, 2.45) is 0 Å². The number of aromatic nitrogens is 1. The summed E-state index contributed by atoms with van der Waals surface area (Å²) in [7, 11) is 1.69. The average Bonchev–Trinajstić information content (AvgIpc) is 3.15. The molecule has 29 heavy (non-hydrogen) atoms. The van der Waals surface area contributed by atoms with E-state index < -0.39 is 0 Å². The van der Waals surface area contributed by atoms with Gasteiger partial charge in [0.25, 0.3) is 0 Å². The highest BCUT2D eigenvalue weighted by atomic mass is 32.1. The number of H-pyrrole nitrogens is 1. The molecule has 0 aliphatic rings. The summed E-state index contributed by atoms with van der Waals surface area (Å²) in [6, 6.07) is 24.2. The minimum atomic E-state index is 0.698. The van der Waals surface area contributed by atoms with Crippen LogP contribution in [0.25, 0.3) is 10.9 Å². The van der Waals surface area contributed by atoms with Crippen LogP contribution in [-0.4, -0.2) is 23.7 Å². The van der Waals surface area contributed by atoms with E-state index in [1.807, 2.05) is 59.7 Å². The Labute approximate surface area is 176 Å². The molecule has 3 aromatic carbocycles. The summed E-state index contributed by atoms with van der Waals surface area (Å²) in [5, 5.41) is 3.18. The molecule has 0 saturated heterocycles. The topological polar surface area (TPSA) is 37.5 Å². The van der Waals surface area contributed by atoms with Crippen molar-refractivity contribution in [2.45, 2.75) is 17.9 Å². The van der Waals surface area contributed by atoms with Crippen molar-refractivity contribution in [1.82, 2.24) is 10.0 Å². The molecule has 0 bridgehead atoms. The number of ether oxygens (including phenoxy) is 1. The first-order valence-corrected chi connectivity index (χ1v) is 10.1. The molecule has 0 saturated carbocycles. The molecule has 4 nitrogen and oxygen atoms in total. The molecule has 0 amide bonds. The lowest BCUT2D eigenvalue weighted by Crippen LogP contribution is -2.29. The molecule has 0 unspecified atom stereocenters. The highest BCUT2D eigenvalue weighted by molar-refractivity contribution is 7.80. The zero-order valence-electron chi connectivity index (χ0n) is 16.3. The fraction of sp³-hybridized carbons (Fsp3) is 0.167. The predicted molar refractivity (Wildman–Crippen MR) is 120 cm³/mol. The van der Waals surface area contributed by atoms with E-state index in [2.05, 4.69) is 42.0 Å². The van der Waals surface area contributed by atoms with E-state index in [4.69, 9.17) is 9.57 Å². The molecule has 4 rings (SSSR count). The molecule has 0 aliphatic carbocycles. The fourth-order valence-electron chi connectivity index (χ4n) is 3.37. The van der Waals surface area contributed by atoms with Gasteiger partial charge in [-0.05, 0) is 53.9 Å². The van der Waals surface area contributed by atoms with Gasteiger partial charge in [-0.3, -0.25) is 0 Å². The lowest BCUT2D eigenvalue weighted by atomic mass is 10.1. The van der Waals surface area contributed by atoms with Gasteiger partial charge in [0.1, 0.15) is 11.5 Å². The lowest BCUT2D eigenvalue weighted by molar-refractivity contribution is -0.0662. The summed E-state index contributed by atoms with van der Waals surface area (Å²) in [5.41, 5.74) is 3.55. The van der Waals surface area contributed by atoms with Crippen molar-refractivity contribution < 1.29 is 9.57 Å². The van der Waals surface area contributed by atoms with Crippen LogP contribution in [0.2, 0.25) is 0 Å². The number of hydrogen-bond donors (Lipinski definition) is 2. The third-order valence-electron chi connectivity index (χ3n) is 4.86. The molecule has 0 fully saturated rings. The molecular formula is C24H24N2O2S. The van der Waals surface area contributed by atoms with Gasteiger partial charge in [-0.1, -0.05) is 36.4 Å². The van der Waals surface area contributed by atoms with Gasteiger partial charge in [0.2, 0.25) is 0 Å². The quantitative estimate of drug-likeness (QED) is 0.301. The molecule has 1 aromatic heterocycles. The Hall–Kier alpha value is -2.89. The first kappa shape index (κ1) is 19.4. The minimum Gasteiger partial charge on any atom is -0.497 e. The molecule has 1 heterocycles. The number of benzene rings is 3. The van der Waals surface area contributed by atoms with E-state index in [1.165, 1.54) is 16.5 Å². The molecule has 0 spiro atoms. The van der Waals surface area contributed by atoms with Crippen molar-refractivity contribution in [3.63, 3.8) is 0 Å². The Morgan fingerprint density at radius 2 is 1.79 bits per heavy atom. The first-order chi connectivity index (χ1) is 14.2. The Kier molecular flexibility index (Phi) is 6.08. The Bertz CT molecular complexity index is 1080. The fourth-order valence-corrected chi connectivity index (χ4v) is 3.58. The second-order valence-corrected chi connectivity index (χ2v) is 7.43.